The van der Waals surface area contributed by atoms with E-state index in [4.69, 9.17) is 14.8 Å². The van der Waals surface area contributed by atoms with Crippen molar-refractivity contribution in [3.05, 3.63) is 34.2 Å². The van der Waals surface area contributed by atoms with E-state index in [0.29, 0.717) is 29.2 Å². The fourth-order valence-corrected chi connectivity index (χ4v) is 5.21. The predicted molar refractivity (Wildman–Crippen MR) is 129 cm³/mol. The van der Waals surface area contributed by atoms with Gasteiger partial charge in [-0.2, -0.15) is 5.10 Å². The number of nitrogens with zero attached hydrogens (tertiary/aromatic N) is 4. The van der Waals surface area contributed by atoms with E-state index in [1.54, 1.807) is 0 Å². The van der Waals surface area contributed by atoms with Gasteiger partial charge in [0, 0.05) is 24.8 Å². The Morgan fingerprint density at radius 3 is 2.64 bits per heavy atom. The molecular formula is C25H33N5O3. The lowest BCUT2D eigenvalue weighted by molar-refractivity contribution is 0.145. The zero-order chi connectivity index (χ0) is 22.9. The van der Waals surface area contributed by atoms with Crippen molar-refractivity contribution in [2.75, 3.05) is 24.6 Å². The second-order valence-electron chi connectivity index (χ2n) is 9.27. The van der Waals surface area contributed by atoms with Crippen LogP contribution in [0.1, 0.15) is 63.6 Å². The number of hydrogen-bond acceptors (Lipinski definition) is 6. The molecule has 2 N–H and O–H groups in total. The number of hydrogen-bond donors (Lipinski definition) is 2. The third-order valence-corrected chi connectivity index (χ3v) is 6.99. The highest BCUT2D eigenvalue weighted by Crippen LogP contribution is 2.34. The lowest BCUT2D eigenvalue weighted by atomic mass is 9.95. The van der Waals surface area contributed by atoms with Gasteiger partial charge in [0.1, 0.15) is 17.1 Å². The number of benzene rings is 1. The highest BCUT2D eigenvalue weighted by atomic mass is 16.5. The molecule has 2 aliphatic rings. The maximum atomic E-state index is 13.2. The van der Waals surface area contributed by atoms with Crippen LogP contribution in [0.15, 0.2) is 23.0 Å². The van der Waals surface area contributed by atoms with E-state index in [2.05, 4.69) is 9.88 Å². The maximum Gasteiger partial charge on any atom is 0.277 e. The first-order chi connectivity index (χ1) is 16.0. The molecular weight excluding hydrogens is 418 g/mol. The average molecular weight is 452 g/mol. The van der Waals surface area contributed by atoms with Crippen molar-refractivity contribution in [2.24, 2.45) is 0 Å². The van der Waals surface area contributed by atoms with Crippen LogP contribution < -0.4 is 15.2 Å². The van der Waals surface area contributed by atoms with Crippen LogP contribution in [0.4, 0.5) is 5.69 Å². The third kappa shape index (κ3) is 4.24. The first-order valence-electron chi connectivity index (χ1n) is 12.2. The van der Waals surface area contributed by atoms with Gasteiger partial charge in [0.15, 0.2) is 5.52 Å². The zero-order valence-electron chi connectivity index (χ0n) is 19.5. The summed E-state index contributed by atoms with van der Waals surface area (Å²) in [4.78, 5) is 23.4. The number of piperidine rings is 1. The number of aliphatic hydroxyl groups excluding tert-OH is 1. The lowest BCUT2D eigenvalue weighted by Gasteiger charge is -2.31. The SMILES string of the molecule is CCOc1cc(N2CCC(O)CC2)ccc1-c1nc2c(C)nn(C3CCCCC3)c2c(=O)[nH]1. The van der Waals surface area contributed by atoms with Gasteiger partial charge in [0.25, 0.3) is 5.56 Å². The molecule has 1 saturated carbocycles. The number of fused-ring (bicyclic) bond motifs is 1. The molecule has 2 fully saturated rings. The van der Waals surface area contributed by atoms with E-state index >= 15 is 0 Å². The molecule has 0 spiro atoms. The monoisotopic (exact) mass is 451 g/mol. The summed E-state index contributed by atoms with van der Waals surface area (Å²) in [6, 6.07) is 6.29. The molecule has 176 valence electrons. The van der Waals surface area contributed by atoms with Crippen LogP contribution in [0.2, 0.25) is 0 Å². The summed E-state index contributed by atoms with van der Waals surface area (Å²) in [7, 11) is 0. The van der Waals surface area contributed by atoms with Gasteiger partial charge in [0.05, 0.1) is 30.0 Å². The lowest BCUT2D eigenvalue weighted by Crippen LogP contribution is -2.35. The number of H-pyrrole nitrogens is 1. The molecule has 0 unspecified atom stereocenters. The standard InChI is InChI=1S/C25H33N5O3/c1-3-33-21-15-18(29-13-11-19(31)12-14-29)9-10-20(21)24-26-22-16(2)28-30(23(22)25(32)27-24)17-7-5-4-6-8-17/h9-10,15,17,19,31H,3-8,11-14H2,1-2H3,(H,26,27,32). The number of nitrogens with one attached hydrogen (secondary N) is 1. The minimum atomic E-state index is -0.217. The second kappa shape index (κ2) is 9.17. The zero-order valence-corrected chi connectivity index (χ0v) is 19.5. The van der Waals surface area contributed by atoms with E-state index in [-0.39, 0.29) is 17.7 Å². The Morgan fingerprint density at radius 1 is 1.15 bits per heavy atom. The Morgan fingerprint density at radius 2 is 1.91 bits per heavy atom. The van der Waals surface area contributed by atoms with Gasteiger partial charge in [-0.05, 0) is 51.7 Å². The number of aryl methyl sites for hydroxylation is 1. The molecule has 1 aliphatic heterocycles. The molecule has 33 heavy (non-hydrogen) atoms. The topological polar surface area (TPSA) is 96.3 Å². The first-order valence-corrected chi connectivity index (χ1v) is 12.2. The Kier molecular flexibility index (Phi) is 6.10. The fraction of sp³-hybridized carbons (Fsp3) is 0.560. The summed E-state index contributed by atoms with van der Waals surface area (Å²) < 4.78 is 7.88. The summed E-state index contributed by atoms with van der Waals surface area (Å²) in [5.41, 5.74) is 3.68. The fourth-order valence-electron chi connectivity index (χ4n) is 5.21. The summed E-state index contributed by atoms with van der Waals surface area (Å²) in [5, 5.41) is 14.6. The van der Waals surface area contributed by atoms with Gasteiger partial charge in [-0.3, -0.25) is 9.48 Å². The average Bonchev–Trinajstić information content (AvgIpc) is 3.17. The third-order valence-electron chi connectivity index (χ3n) is 6.99. The van der Waals surface area contributed by atoms with Crippen LogP contribution in [-0.2, 0) is 0 Å². The molecule has 2 aromatic heterocycles. The highest BCUT2D eigenvalue weighted by Gasteiger charge is 2.24. The van der Waals surface area contributed by atoms with E-state index in [1.807, 2.05) is 36.7 Å². The predicted octanol–water partition coefficient (Wildman–Crippen LogP) is 3.96. The minimum absolute atomic E-state index is 0.155. The largest absolute Gasteiger partial charge is 0.493 e. The molecule has 1 saturated heterocycles. The molecule has 3 aromatic rings. The van der Waals surface area contributed by atoms with Crippen molar-refractivity contribution in [2.45, 2.75) is 70.9 Å². The number of anilines is 1. The molecule has 8 nitrogen and oxygen atoms in total. The summed E-state index contributed by atoms with van der Waals surface area (Å²) in [5.74, 6) is 1.20. The normalized spacial score (nSPS) is 18.2. The van der Waals surface area contributed by atoms with Gasteiger partial charge < -0.3 is 19.7 Å². The van der Waals surface area contributed by atoms with Crippen LogP contribution >= 0.6 is 0 Å². The number of rotatable bonds is 5. The highest BCUT2D eigenvalue weighted by molar-refractivity contribution is 5.80. The van der Waals surface area contributed by atoms with Crippen molar-refractivity contribution in [3.63, 3.8) is 0 Å². The van der Waals surface area contributed by atoms with Gasteiger partial charge >= 0.3 is 0 Å². The number of aromatic amines is 1. The van der Waals surface area contributed by atoms with Crippen molar-refractivity contribution < 1.29 is 9.84 Å². The van der Waals surface area contributed by atoms with Crippen LogP contribution in [-0.4, -0.2) is 50.7 Å². The first kappa shape index (κ1) is 21.9. The summed E-state index contributed by atoms with van der Waals surface area (Å²) in [6.45, 7) is 6.01. The van der Waals surface area contributed by atoms with Crippen LogP contribution in [0.25, 0.3) is 22.4 Å². The Bertz CT molecular complexity index is 1190. The van der Waals surface area contributed by atoms with Gasteiger partial charge in [-0.25, -0.2) is 4.98 Å². The summed E-state index contributed by atoms with van der Waals surface area (Å²) >= 11 is 0. The van der Waals surface area contributed by atoms with Gasteiger partial charge in [-0.1, -0.05) is 19.3 Å². The van der Waals surface area contributed by atoms with Crippen LogP contribution in [0.3, 0.4) is 0 Å². The van der Waals surface area contributed by atoms with Crippen molar-refractivity contribution in [1.82, 2.24) is 19.7 Å². The van der Waals surface area contributed by atoms with Crippen molar-refractivity contribution >= 4 is 16.7 Å². The Balaban J connectivity index is 1.54. The number of ether oxygens (including phenoxy) is 1. The quantitative estimate of drug-likeness (QED) is 0.610. The van der Waals surface area contributed by atoms with Crippen LogP contribution in [0, 0.1) is 6.92 Å². The molecule has 0 atom stereocenters. The molecule has 1 aliphatic carbocycles. The molecule has 0 radical (unpaired) electrons. The van der Waals surface area contributed by atoms with Crippen molar-refractivity contribution in [3.8, 4) is 17.1 Å². The maximum absolute atomic E-state index is 13.2. The Labute approximate surface area is 193 Å². The van der Waals surface area contributed by atoms with E-state index in [1.165, 1.54) is 19.3 Å². The molecule has 1 aromatic carbocycles. The van der Waals surface area contributed by atoms with Crippen molar-refractivity contribution in [1.29, 1.82) is 0 Å². The molecule has 5 rings (SSSR count). The van der Waals surface area contributed by atoms with Gasteiger partial charge in [-0.15, -0.1) is 0 Å². The molecule has 3 heterocycles. The second-order valence-corrected chi connectivity index (χ2v) is 9.27. The van der Waals surface area contributed by atoms with E-state index < -0.39 is 0 Å². The Hall–Kier alpha value is -2.87. The smallest absolute Gasteiger partial charge is 0.277 e. The molecule has 0 bridgehead atoms. The molecule has 0 amide bonds. The van der Waals surface area contributed by atoms with Gasteiger partial charge in [0.2, 0.25) is 0 Å². The summed E-state index contributed by atoms with van der Waals surface area (Å²) in [6.07, 6.45) is 7.03. The van der Waals surface area contributed by atoms with E-state index in [9.17, 15) is 9.90 Å². The number of aromatic nitrogens is 4. The van der Waals surface area contributed by atoms with Crippen LogP contribution in [0.5, 0.6) is 5.75 Å². The molecule has 8 heteroatoms. The van der Waals surface area contributed by atoms with E-state index in [0.717, 1.165) is 55.7 Å². The number of aliphatic hydroxyl groups is 1. The minimum Gasteiger partial charge on any atom is -0.493 e.